The number of nitrogens with one attached hydrogen (secondary N) is 1. The van der Waals surface area contributed by atoms with Gasteiger partial charge < -0.3 is 25.4 Å². The molecule has 2 aromatic heterocycles. The average molecular weight is 390 g/mol. The van der Waals surface area contributed by atoms with Crippen LogP contribution in [0.15, 0.2) is 12.4 Å². The van der Waals surface area contributed by atoms with Crippen LogP contribution in [0.2, 0.25) is 0 Å². The summed E-state index contributed by atoms with van der Waals surface area (Å²) in [6.07, 6.45) is 6.73. The van der Waals surface area contributed by atoms with E-state index in [2.05, 4.69) is 29.1 Å². The molecule has 8 nitrogen and oxygen atoms in total. The number of aliphatic hydroxyl groups is 3. The summed E-state index contributed by atoms with van der Waals surface area (Å²) >= 11 is 0. The highest BCUT2D eigenvalue weighted by Crippen LogP contribution is 2.37. The van der Waals surface area contributed by atoms with E-state index >= 15 is 0 Å². The summed E-state index contributed by atoms with van der Waals surface area (Å²) in [4.78, 5) is 13.6. The highest BCUT2D eigenvalue weighted by Gasteiger charge is 2.25. The number of ether oxygens (including phenoxy) is 1. The Hall–Kier alpha value is -2.03. The van der Waals surface area contributed by atoms with Gasteiger partial charge in [0.1, 0.15) is 6.10 Å². The van der Waals surface area contributed by atoms with E-state index in [1.165, 1.54) is 0 Å². The number of hydrogen-bond acceptors (Lipinski definition) is 8. The summed E-state index contributed by atoms with van der Waals surface area (Å²) in [5, 5.41) is 32.5. The molecule has 1 fully saturated rings. The van der Waals surface area contributed by atoms with E-state index in [1.807, 2.05) is 0 Å². The molecule has 0 saturated heterocycles. The zero-order chi connectivity index (χ0) is 20.1. The highest BCUT2D eigenvalue weighted by molar-refractivity contribution is 5.86. The van der Waals surface area contributed by atoms with Crippen LogP contribution < -0.4 is 10.1 Å². The van der Waals surface area contributed by atoms with Crippen LogP contribution in [-0.2, 0) is 0 Å². The molecule has 0 aromatic carbocycles. The van der Waals surface area contributed by atoms with Gasteiger partial charge >= 0.3 is 0 Å². The Labute approximate surface area is 165 Å². The normalized spacial score (nSPS) is 21.1. The van der Waals surface area contributed by atoms with Crippen molar-refractivity contribution in [3.05, 3.63) is 18.0 Å². The number of hydrogen-bond donors (Lipinski definition) is 4. The number of aromatic nitrogens is 3. The number of aliphatic hydroxyl groups excluding tert-OH is 3. The third-order valence-electron chi connectivity index (χ3n) is 5.42. The summed E-state index contributed by atoms with van der Waals surface area (Å²) in [5.74, 6) is 1.13. The Bertz CT molecular complexity index is 776. The maximum Gasteiger partial charge on any atom is 0.224 e. The third-order valence-corrected chi connectivity index (χ3v) is 5.42. The molecule has 8 heteroatoms. The second kappa shape index (κ2) is 9.45. The molecule has 0 unspecified atom stereocenters. The van der Waals surface area contributed by atoms with Gasteiger partial charge in [-0.15, -0.1) is 0 Å². The van der Waals surface area contributed by atoms with Crippen molar-refractivity contribution < 1.29 is 20.1 Å². The number of anilines is 1. The van der Waals surface area contributed by atoms with Gasteiger partial charge in [-0.2, -0.15) is 0 Å². The molecule has 4 N–H and O–H groups in total. The topological polar surface area (TPSA) is 121 Å². The van der Waals surface area contributed by atoms with Crippen LogP contribution in [0.4, 0.5) is 5.95 Å². The zero-order valence-electron chi connectivity index (χ0n) is 16.5. The molecular weight excluding hydrogens is 360 g/mol. The minimum Gasteiger partial charge on any atom is -0.469 e. The number of nitrogens with zero attached hydrogens (tertiary/aromatic N) is 3. The molecule has 1 saturated carbocycles. The van der Waals surface area contributed by atoms with Crippen molar-refractivity contribution in [2.75, 3.05) is 18.5 Å². The predicted octanol–water partition coefficient (Wildman–Crippen LogP) is 1.99. The molecule has 0 radical (unpaired) electrons. The lowest BCUT2D eigenvalue weighted by atomic mass is 9.83. The van der Waals surface area contributed by atoms with Gasteiger partial charge in [-0.1, -0.05) is 6.92 Å². The fourth-order valence-corrected chi connectivity index (χ4v) is 3.48. The minimum absolute atomic E-state index is 0.231. The van der Waals surface area contributed by atoms with Gasteiger partial charge in [0.05, 0.1) is 30.2 Å². The van der Waals surface area contributed by atoms with Gasteiger partial charge in [0.2, 0.25) is 11.8 Å². The lowest BCUT2D eigenvalue weighted by Gasteiger charge is -2.26. The van der Waals surface area contributed by atoms with Crippen LogP contribution in [0.3, 0.4) is 0 Å². The Balaban J connectivity index is 2.01. The quantitative estimate of drug-likeness (QED) is 0.540. The number of rotatable bonds is 8. The van der Waals surface area contributed by atoms with E-state index < -0.39 is 6.10 Å². The molecule has 0 spiro atoms. The van der Waals surface area contributed by atoms with E-state index in [0.29, 0.717) is 17.2 Å². The molecule has 0 bridgehead atoms. The SMILES string of the molecule is CC[C@H](C)Nc1ncc2c(OC(CO)CO)ncc([C@H]3CC[C@H](O)CC3)c2n1. The Morgan fingerprint density at radius 2 is 1.86 bits per heavy atom. The van der Waals surface area contributed by atoms with E-state index in [-0.39, 0.29) is 31.3 Å². The van der Waals surface area contributed by atoms with Gasteiger partial charge in [0, 0.05) is 24.0 Å². The summed E-state index contributed by atoms with van der Waals surface area (Å²) in [6, 6.07) is 0.247. The molecule has 0 aliphatic heterocycles. The van der Waals surface area contributed by atoms with Crippen LogP contribution in [0, 0.1) is 0 Å². The highest BCUT2D eigenvalue weighted by atomic mass is 16.5. The van der Waals surface area contributed by atoms with Crippen molar-refractivity contribution >= 4 is 16.9 Å². The minimum atomic E-state index is -0.746. The predicted molar refractivity (Wildman–Crippen MR) is 107 cm³/mol. The van der Waals surface area contributed by atoms with E-state index in [0.717, 1.165) is 43.2 Å². The largest absolute Gasteiger partial charge is 0.469 e. The molecular formula is C20H30N4O4. The van der Waals surface area contributed by atoms with Crippen LogP contribution in [-0.4, -0.2) is 61.7 Å². The molecule has 3 rings (SSSR count). The summed E-state index contributed by atoms with van der Waals surface area (Å²) < 4.78 is 5.68. The molecule has 2 heterocycles. The number of pyridine rings is 1. The lowest BCUT2D eigenvalue weighted by Crippen LogP contribution is -2.26. The first-order valence-corrected chi connectivity index (χ1v) is 10.0. The monoisotopic (exact) mass is 390 g/mol. The van der Waals surface area contributed by atoms with Gasteiger partial charge in [0.15, 0.2) is 0 Å². The Morgan fingerprint density at radius 3 is 2.50 bits per heavy atom. The number of fused-ring (bicyclic) bond motifs is 1. The van der Waals surface area contributed by atoms with E-state index in [4.69, 9.17) is 9.72 Å². The Morgan fingerprint density at radius 1 is 1.14 bits per heavy atom. The molecule has 1 atom stereocenters. The van der Waals surface area contributed by atoms with Gasteiger partial charge in [-0.05, 0) is 44.9 Å². The summed E-state index contributed by atoms with van der Waals surface area (Å²) in [5.41, 5.74) is 1.79. The Kier molecular flexibility index (Phi) is 6.98. The van der Waals surface area contributed by atoms with E-state index in [9.17, 15) is 15.3 Å². The zero-order valence-corrected chi connectivity index (χ0v) is 16.5. The third kappa shape index (κ3) is 4.68. The van der Waals surface area contributed by atoms with Crippen molar-refractivity contribution in [3.63, 3.8) is 0 Å². The maximum atomic E-state index is 9.84. The van der Waals surface area contributed by atoms with Crippen LogP contribution in [0.25, 0.3) is 10.9 Å². The maximum absolute atomic E-state index is 9.84. The second-order valence-corrected chi connectivity index (χ2v) is 7.54. The fraction of sp³-hybridized carbons (Fsp3) is 0.650. The van der Waals surface area contributed by atoms with Crippen molar-refractivity contribution in [2.24, 2.45) is 0 Å². The van der Waals surface area contributed by atoms with Gasteiger partial charge in [-0.25, -0.2) is 15.0 Å². The molecule has 2 aromatic rings. The van der Waals surface area contributed by atoms with Crippen molar-refractivity contribution in [3.8, 4) is 5.88 Å². The van der Waals surface area contributed by atoms with Gasteiger partial charge in [0.25, 0.3) is 0 Å². The first-order chi connectivity index (χ1) is 13.5. The lowest BCUT2D eigenvalue weighted by molar-refractivity contribution is 0.0608. The fourth-order valence-electron chi connectivity index (χ4n) is 3.48. The molecule has 154 valence electrons. The molecule has 28 heavy (non-hydrogen) atoms. The summed E-state index contributed by atoms with van der Waals surface area (Å²) in [7, 11) is 0. The van der Waals surface area contributed by atoms with Crippen molar-refractivity contribution in [1.82, 2.24) is 15.0 Å². The van der Waals surface area contributed by atoms with Crippen LogP contribution in [0.5, 0.6) is 5.88 Å². The molecule has 1 aliphatic rings. The standard InChI is InChI=1S/C20H30N4O4/c1-3-12(2)23-20-22-9-17-18(24-20)16(13-4-6-14(27)7-5-13)8-21-19(17)28-15(10-25)11-26/h8-9,12-15,25-27H,3-7,10-11H2,1-2H3,(H,22,23,24)/t12-,13-,14-/m0/s1. The first-order valence-electron chi connectivity index (χ1n) is 10.0. The van der Waals surface area contributed by atoms with Crippen LogP contribution >= 0.6 is 0 Å². The van der Waals surface area contributed by atoms with Crippen molar-refractivity contribution in [1.29, 1.82) is 0 Å². The molecule has 0 amide bonds. The van der Waals surface area contributed by atoms with Crippen LogP contribution in [0.1, 0.15) is 57.4 Å². The molecule has 1 aliphatic carbocycles. The average Bonchev–Trinajstić information content (AvgIpc) is 2.72. The van der Waals surface area contributed by atoms with Crippen molar-refractivity contribution in [2.45, 2.75) is 70.1 Å². The van der Waals surface area contributed by atoms with E-state index in [1.54, 1.807) is 12.4 Å². The smallest absolute Gasteiger partial charge is 0.224 e. The second-order valence-electron chi connectivity index (χ2n) is 7.54. The van der Waals surface area contributed by atoms with Gasteiger partial charge in [-0.3, -0.25) is 0 Å². The summed E-state index contributed by atoms with van der Waals surface area (Å²) in [6.45, 7) is 3.55. The first kappa shape index (κ1) is 20.7.